The molecule has 118 valence electrons. The van der Waals surface area contributed by atoms with E-state index in [4.69, 9.17) is 27.9 Å². The molecule has 5 nitrogen and oxygen atoms in total. The van der Waals surface area contributed by atoms with Gasteiger partial charge in [-0.15, -0.1) is 0 Å². The van der Waals surface area contributed by atoms with Crippen LogP contribution in [0.2, 0.25) is 10.0 Å². The fourth-order valence-corrected chi connectivity index (χ4v) is 2.38. The third-order valence-corrected chi connectivity index (χ3v) is 4.10. The summed E-state index contributed by atoms with van der Waals surface area (Å²) in [6.45, 7) is 3.55. The third-order valence-electron chi connectivity index (χ3n) is 3.44. The van der Waals surface area contributed by atoms with E-state index in [1.807, 2.05) is 0 Å². The third kappa shape index (κ3) is 3.50. The largest absolute Gasteiger partial charge is 0.384 e. The molecule has 1 aromatic carbocycles. The number of hydrogen-bond acceptors (Lipinski definition) is 4. The molecule has 0 saturated carbocycles. The van der Waals surface area contributed by atoms with Crippen molar-refractivity contribution >= 4 is 35.0 Å². The van der Waals surface area contributed by atoms with Crippen molar-refractivity contribution in [3.8, 4) is 0 Å². The van der Waals surface area contributed by atoms with Crippen molar-refractivity contribution in [1.82, 2.24) is 14.8 Å². The molecule has 2 rings (SSSR count). The molecule has 1 heterocycles. The van der Waals surface area contributed by atoms with Gasteiger partial charge in [-0.1, -0.05) is 29.3 Å². The topological polar surface area (TPSA) is 60.2 Å². The molecule has 0 amide bonds. The number of ether oxygens (including phenoxy) is 1. The van der Waals surface area contributed by atoms with Crippen LogP contribution in [0.25, 0.3) is 11.8 Å². The second-order valence-corrected chi connectivity index (χ2v) is 6.07. The second-order valence-electron chi connectivity index (χ2n) is 5.25. The van der Waals surface area contributed by atoms with E-state index in [0.29, 0.717) is 21.3 Å². The zero-order valence-corrected chi connectivity index (χ0v) is 14.0. The average molecular weight is 342 g/mol. The van der Waals surface area contributed by atoms with Gasteiger partial charge in [0.15, 0.2) is 0 Å². The average Bonchev–Trinajstić information content (AvgIpc) is 3.00. The maximum Gasteiger partial charge on any atom is 0.138 e. The van der Waals surface area contributed by atoms with Crippen LogP contribution < -0.4 is 0 Å². The van der Waals surface area contributed by atoms with E-state index in [1.165, 1.54) is 24.4 Å². The first-order valence-corrected chi connectivity index (χ1v) is 7.36. The lowest BCUT2D eigenvalue weighted by atomic mass is 9.97. The highest BCUT2D eigenvalue weighted by molar-refractivity contribution is 6.37. The molecular weight excluding hydrogens is 325 g/mol. The van der Waals surface area contributed by atoms with Crippen LogP contribution in [-0.4, -0.2) is 38.7 Å². The van der Waals surface area contributed by atoms with Gasteiger partial charge in [0.25, 0.3) is 0 Å². The minimum absolute atomic E-state index is 0.458. The van der Waals surface area contributed by atoms with Gasteiger partial charge in [0.2, 0.25) is 0 Å². The fraction of sp³-hybridized carbons (Fsp3) is 0.333. The Hall–Kier alpha value is -1.40. The molecule has 0 spiro atoms. The number of rotatable bonds is 5. The molecule has 1 atom stereocenters. The van der Waals surface area contributed by atoms with Crippen LogP contribution in [0.3, 0.4) is 0 Å². The van der Waals surface area contributed by atoms with E-state index in [-0.39, 0.29) is 0 Å². The summed E-state index contributed by atoms with van der Waals surface area (Å²) in [5.74, 6) is 0. The first kappa shape index (κ1) is 17.0. The SMILES string of the molecule is COC(C)(C)C(O)/C(=C/c1c(Cl)cccc1Cl)n1cncn1. The fourth-order valence-electron chi connectivity index (χ4n) is 1.88. The minimum Gasteiger partial charge on any atom is -0.384 e. The second kappa shape index (κ2) is 6.79. The molecule has 2 aromatic rings. The van der Waals surface area contributed by atoms with Crippen molar-refractivity contribution in [1.29, 1.82) is 0 Å². The van der Waals surface area contributed by atoms with Crippen LogP contribution in [0.5, 0.6) is 0 Å². The predicted molar refractivity (Wildman–Crippen MR) is 87.7 cm³/mol. The number of methoxy groups -OCH3 is 1. The van der Waals surface area contributed by atoms with Crippen LogP contribution in [0.1, 0.15) is 19.4 Å². The molecule has 0 aliphatic carbocycles. The molecule has 0 saturated heterocycles. The number of halogens is 2. The van der Waals surface area contributed by atoms with Gasteiger partial charge in [-0.05, 0) is 32.1 Å². The zero-order chi connectivity index (χ0) is 16.3. The van der Waals surface area contributed by atoms with Gasteiger partial charge in [0.05, 0.1) is 11.3 Å². The number of hydrogen-bond donors (Lipinski definition) is 1. The maximum absolute atomic E-state index is 10.7. The van der Waals surface area contributed by atoms with Gasteiger partial charge in [-0.25, -0.2) is 9.67 Å². The predicted octanol–water partition coefficient (Wildman–Crippen LogP) is 3.37. The number of aromatic nitrogens is 3. The van der Waals surface area contributed by atoms with Gasteiger partial charge < -0.3 is 9.84 Å². The normalized spacial score (nSPS) is 14.2. The maximum atomic E-state index is 10.7. The molecule has 22 heavy (non-hydrogen) atoms. The highest BCUT2D eigenvalue weighted by Gasteiger charge is 2.32. The van der Waals surface area contributed by atoms with Crippen LogP contribution in [0.4, 0.5) is 0 Å². The quantitative estimate of drug-likeness (QED) is 0.905. The number of aliphatic hydroxyl groups excluding tert-OH is 1. The zero-order valence-electron chi connectivity index (χ0n) is 12.5. The minimum atomic E-state index is -0.966. The lowest BCUT2D eigenvalue weighted by Crippen LogP contribution is -2.40. The van der Waals surface area contributed by atoms with Gasteiger partial charge in [0, 0.05) is 22.7 Å². The van der Waals surface area contributed by atoms with Crippen molar-refractivity contribution < 1.29 is 9.84 Å². The van der Waals surface area contributed by atoms with Crippen LogP contribution in [0.15, 0.2) is 30.9 Å². The van der Waals surface area contributed by atoms with E-state index in [1.54, 1.807) is 38.1 Å². The summed E-state index contributed by atoms with van der Waals surface area (Å²) in [5.41, 5.74) is 0.229. The Kier molecular flexibility index (Phi) is 5.24. The Labute approximate surface area is 139 Å². The summed E-state index contributed by atoms with van der Waals surface area (Å²) in [6.07, 6.45) is 3.59. The van der Waals surface area contributed by atoms with Gasteiger partial charge in [0.1, 0.15) is 18.8 Å². The van der Waals surface area contributed by atoms with Crippen molar-refractivity contribution in [3.63, 3.8) is 0 Å². The van der Waals surface area contributed by atoms with Crippen LogP contribution in [0, 0.1) is 0 Å². The summed E-state index contributed by atoms with van der Waals surface area (Å²) in [6, 6.07) is 5.21. The highest BCUT2D eigenvalue weighted by Crippen LogP contribution is 2.31. The first-order valence-electron chi connectivity index (χ1n) is 6.60. The Morgan fingerprint density at radius 1 is 1.36 bits per heavy atom. The van der Waals surface area contributed by atoms with E-state index in [9.17, 15) is 5.11 Å². The molecule has 0 radical (unpaired) electrons. The van der Waals surface area contributed by atoms with Gasteiger partial charge >= 0.3 is 0 Å². The number of nitrogens with zero attached hydrogens (tertiary/aromatic N) is 3. The van der Waals surface area contributed by atoms with E-state index in [2.05, 4.69) is 10.1 Å². The van der Waals surface area contributed by atoms with Gasteiger partial charge in [-0.3, -0.25) is 0 Å². The molecule has 0 aliphatic heterocycles. The van der Waals surface area contributed by atoms with Crippen LogP contribution >= 0.6 is 23.2 Å². The smallest absolute Gasteiger partial charge is 0.138 e. The number of aliphatic hydroxyl groups is 1. The number of benzene rings is 1. The Bertz CT molecular complexity index is 649. The summed E-state index contributed by atoms with van der Waals surface area (Å²) in [7, 11) is 1.53. The molecule has 1 N–H and O–H groups in total. The molecule has 1 unspecified atom stereocenters. The molecule has 1 aromatic heterocycles. The molecule has 0 fully saturated rings. The van der Waals surface area contributed by atoms with Crippen molar-refractivity contribution in [2.75, 3.05) is 7.11 Å². The monoisotopic (exact) mass is 341 g/mol. The summed E-state index contributed by atoms with van der Waals surface area (Å²) >= 11 is 12.4. The standard InChI is InChI=1S/C15H17Cl2N3O2/c1-15(2,22-3)14(21)13(20-9-18-8-19-20)7-10-11(16)5-4-6-12(10)17/h4-9,14,21H,1-3H3/b13-7-. The molecule has 0 bridgehead atoms. The van der Waals surface area contributed by atoms with E-state index < -0.39 is 11.7 Å². The lowest BCUT2D eigenvalue weighted by molar-refractivity contribution is -0.0539. The molecular formula is C15H17Cl2N3O2. The lowest BCUT2D eigenvalue weighted by Gasteiger charge is -2.30. The molecule has 7 heteroatoms. The van der Waals surface area contributed by atoms with E-state index >= 15 is 0 Å². The van der Waals surface area contributed by atoms with Crippen molar-refractivity contribution in [3.05, 3.63) is 46.5 Å². The van der Waals surface area contributed by atoms with Crippen molar-refractivity contribution in [2.24, 2.45) is 0 Å². The van der Waals surface area contributed by atoms with E-state index in [0.717, 1.165) is 0 Å². The van der Waals surface area contributed by atoms with Crippen molar-refractivity contribution in [2.45, 2.75) is 25.6 Å². The Morgan fingerprint density at radius 2 is 2.00 bits per heavy atom. The summed E-state index contributed by atoms with van der Waals surface area (Å²) in [5, 5.41) is 15.7. The highest BCUT2D eigenvalue weighted by atomic mass is 35.5. The summed E-state index contributed by atoms with van der Waals surface area (Å²) < 4.78 is 6.82. The van der Waals surface area contributed by atoms with Crippen LogP contribution in [-0.2, 0) is 4.74 Å². The first-order chi connectivity index (χ1) is 10.4. The molecule has 0 aliphatic rings. The Balaban J connectivity index is 2.57. The Morgan fingerprint density at radius 3 is 2.50 bits per heavy atom. The van der Waals surface area contributed by atoms with Gasteiger partial charge in [-0.2, -0.15) is 5.10 Å². The summed E-state index contributed by atoms with van der Waals surface area (Å²) in [4.78, 5) is 3.91.